The van der Waals surface area contributed by atoms with E-state index < -0.39 is 5.97 Å². The van der Waals surface area contributed by atoms with Crippen molar-refractivity contribution in [1.29, 1.82) is 0 Å². The van der Waals surface area contributed by atoms with Gasteiger partial charge in [-0.3, -0.25) is 4.90 Å². The van der Waals surface area contributed by atoms with Crippen LogP contribution in [0.3, 0.4) is 0 Å². The van der Waals surface area contributed by atoms with E-state index >= 15 is 0 Å². The van der Waals surface area contributed by atoms with Crippen molar-refractivity contribution in [3.8, 4) is 0 Å². The van der Waals surface area contributed by atoms with Crippen molar-refractivity contribution in [3.63, 3.8) is 0 Å². The topological polar surface area (TPSA) is 49.8 Å². The van der Waals surface area contributed by atoms with Crippen LogP contribution in [-0.2, 0) is 11.3 Å². The number of benzene rings is 2. The van der Waals surface area contributed by atoms with Gasteiger partial charge in [0.05, 0.1) is 18.3 Å². The molecule has 0 aliphatic carbocycles. The first-order valence-corrected chi connectivity index (χ1v) is 7.53. The van der Waals surface area contributed by atoms with E-state index in [0.29, 0.717) is 12.2 Å². The predicted octanol–water partition coefficient (Wildman–Crippen LogP) is 3.10. The molecule has 1 saturated heterocycles. The van der Waals surface area contributed by atoms with Crippen LogP contribution in [0.15, 0.2) is 48.5 Å². The van der Waals surface area contributed by atoms with Gasteiger partial charge in [-0.05, 0) is 35.4 Å². The number of hydrogen-bond acceptors (Lipinski definition) is 3. The Balaban J connectivity index is 1.64. The Kier molecular flexibility index (Phi) is 4.69. The lowest BCUT2D eigenvalue weighted by molar-refractivity contribution is -0.0329. The third kappa shape index (κ3) is 3.94. The Morgan fingerprint density at radius 1 is 1.17 bits per heavy atom. The molecule has 120 valence electrons. The normalized spacial score (nSPS) is 18.7. The van der Waals surface area contributed by atoms with Crippen molar-refractivity contribution in [2.24, 2.45) is 0 Å². The largest absolute Gasteiger partial charge is 0.478 e. The number of carboxylic acid groups (broad SMARTS) is 1. The van der Waals surface area contributed by atoms with Gasteiger partial charge in [-0.25, -0.2) is 9.18 Å². The molecular formula is C18H18FNO3. The summed E-state index contributed by atoms with van der Waals surface area (Å²) < 4.78 is 18.8. The van der Waals surface area contributed by atoms with E-state index in [4.69, 9.17) is 9.84 Å². The maximum absolute atomic E-state index is 13.0. The standard InChI is InChI=1S/C18H18FNO3/c19-16-7-5-14(6-8-16)17-12-20(9-10-23-17)11-13-1-3-15(4-2-13)18(21)22/h1-8,17H,9-12H2,(H,21,22). The number of carboxylic acids is 1. The molecule has 0 saturated carbocycles. The first-order chi connectivity index (χ1) is 11.1. The van der Waals surface area contributed by atoms with Crippen LogP contribution in [-0.4, -0.2) is 35.7 Å². The fourth-order valence-electron chi connectivity index (χ4n) is 2.74. The second kappa shape index (κ2) is 6.89. The molecule has 23 heavy (non-hydrogen) atoms. The first kappa shape index (κ1) is 15.6. The highest BCUT2D eigenvalue weighted by atomic mass is 19.1. The molecule has 0 bridgehead atoms. The van der Waals surface area contributed by atoms with Crippen molar-refractivity contribution in [2.45, 2.75) is 12.6 Å². The molecule has 2 aromatic carbocycles. The summed E-state index contributed by atoms with van der Waals surface area (Å²) in [6.45, 7) is 2.90. The SMILES string of the molecule is O=C(O)c1ccc(CN2CCOC(c3ccc(F)cc3)C2)cc1. The zero-order valence-corrected chi connectivity index (χ0v) is 12.6. The van der Waals surface area contributed by atoms with Gasteiger partial charge in [0.1, 0.15) is 5.82 Å². The molecule has 0 spiro atoms. The molecule has 1 aliphatic rings. The molecule has 2 aromatic rings. The van der Waals surface area contributed by atoms with E-state index in [1.165, 1.54) is 12.1 Å². The number of carbonyl (C=O) groups is 1. The van der Waals surface area contributed by atoms with Crippen LogP contribution >= 0.6 is 0 Å². The van der Waals surface area contributed by atoms with Crippen LogP contribution in [0.4, 0.5) is 4.39 Å². The van der Waals surface area contributed by atoms with Gasteiger partial charge in [0, 0.05) is 19.6 Å². The first-order valence-electron chi connectivity index (χ1n) is 7.53. The van der Waals surface area contributed by atoms with E-state index in [9.17, 15) is 9.18 Å². The molecule has 1 unspecified atom stereocenters. The second-order valence-electron chi connectivity index (χ2n) is 5.65. The minimum atomic E-state index is -0.917. The smallest absolute Gasteiger partial charge is 0.335 e. The average molecular weight is 315 g/mol. The Labute approximate surface area is 134 Å². The Bertz CT molecular complexity index is 670. The summed E-state index contributed by atoms with van der Waals surface area (Å²) in [4.78, 5) is 13.1. The van der Waals surface area contributed by atoms with Gasteiger partial charge in [0.15, 0.2) is 0 Å². The van der Waals surface area contributed by atoms with Gasteiger partial charge in [-0.1, -0.05) is 24.3 Å². The van der Waals surface area contributed by atoms with Gasteiger partial charge in [-0.15, -0.1) is 0 Å². The minimum Gasteiger partial charge on any atom is -0.478 e. The fraction of sp³-hybridized carbons (Fsp3) is 0.278. The van der Waals surface area contributed by atoms with Crippen LogP contribution in [0.25, 0.3) is 0 Å². The molecule has 1 atom stereocenters. The second-order valence-corrected chi connectivity index (χ2v) is 5.65. The number of morpholine rings is 1. The van der Waals surface area contributed by atoms with Crippen LogP contribution in [0.1, 0.15) is 27.6 Å². The highest BCUT2D eigenvalue weighted by Crippen LogP contribution is 2.23. The number of ether oxygens (including phenoxy) is 1. The number of hydrogen-bond donors (Lipinski definition) is 1. The number of nitrogens with zero attached hydrogens (tertiary/aromatic N) is 1. The summed E-state index contributed by atoms with van der Waals surface area (Å²) >= 11 is 0. The zero-order valence-electron chi connectivity index (χ0n) is 12.6. The molecule has 1 N–H and O–H groups in total. The quantitative estimate of drug-likeness (QED) is 0.942. The van der Waals surface area contributed by atoms with E-state index in [1.54, 1.807) is 24.3 Å². The van der Waals surface area contributed by atoms with Crippen LogP contribution in [0, 0.1) is 5.82 Å². The summed E-state index contributed by atoms with van der Waals surface area (Å²) in [7, 11) is 0. The van der Waals surface area contributed by atoms with E-state index in [1.807, 2.05) is 12.1 Å². The lowest BCUT2D eigenvalue weighted by Gasteiger charge is -2.33. The van der Waals surface area contributed by atoms with Gasteiger partial charge < -0.3 is 9.84 Å². The minimum absolute atomic E-state index is 0.0670. The summed E-state index contributed by atoms with van der Waals surface area (Å²) in [5.74, 6) is -1.17. The monoisotopic (exact) mass is 315 g/mol. The summed E-state index contributed by atoms with van der Waals surface area (Å²) in [5, 5.41) is 8.92. The van der Waals surface area contributed by atoms with Crippen LogP contribution in [0.5, 0.6) is 0 Å². The Morgan fingerprint density at radius 2 is 1.87 bits per heavy atom. The maximum Gasteiger partial charge on any atom is 0.335 e. The van der Waals surface area contributed by atoms with Gasteiger partial charge in [0.25, 0.3) is 0 Å². The molecule has 1 aliphatic heterocycles. The van der Waals surface area contributed by atoms with Crippen molar-refractivity contribution in [3.05, 3.63) is 71.0 Å². The Hall–Kier alpha value is -2.24. The van der Waals surface area contributed by atoms with E-state index in [0.717, 1.165) is 30.8 Å². The lowest BCUT2D eigenvalue weighted by Crippen LogP contribution is -2.37. The van der Waals surface area contributed by atoms with Crippen molar-refractivity contribution in [1.82, 2.24) is 4.90 Å². The number of aromatic carboxylic acids is 1. The Morgan fingerprint density at radius 3 is 2.52 bits per heavy atom. The van der Waals surface area contributed by atoms with Gasteiger partial charge in [-0.2, -0.15) is 0 Å². The molecule has 0 amide bonds. The third-order valence-corrected chi connectivity index (χ3v) is 4.00. The van der Waals surface area contributed by atoms with Crippen LogP contribution in [0.2, 0.25) is 0 Å². The van der Waals surface area contributed by atoms with E-state index in [2.05, 4.69) is 4.90 Å². The number of halogens is 1. The van der Waals surface area contributed by atoms with Crippen molar-refractivity contribution >= 4 is 5.97 Å². The lowest BCUT2D eigenvalue weighted by atomic mass is 10.1. The number of rotatable bonds is 4. The highest BCUT2D eigenvalue weighted by molar-refractivity contribution is 5.87. The van der Waals surface area contributed by atoms with Gasteiger partial charge in [0.2, 0.25) is 0 Å². The fourth-order valence-corrected chi connectivity index (χ4v) is 2.74. The predicted molar refractivity (Wildman–Crippen MR) is 83.8 cm³/mol. The molecule has 3 rings (SSSR count). The summed E-state index contributed by atoms with van der Waals surface area (Å²) in [6.07, 6.45) is -0.0670. The molecule has 5 heteroatoms. The molecule has 0 radical (unpaired) electrons. The third-order valence-electron chi connectivity index (χ3n) is 4.00. The molecule has 1 heterocycles. The van der Waals surface area contributed by atoms with Crippen molar-refractivity contribution < 1.29 is 19.0 Å². The molecule has 1 fully saturated rings. The van der Waals surface area contributed by atoms with Gasteiger partial charge >= 0.3 is 5.97 Å². The molecule has 0 aromatic heterocycles. The average Bonchev–Trinajstić information content (AvgIpc) is 2.56. The van der Waals surface area contributed by atoms with Crippen LogP contribution < -0.4 is 0 Å². The van der Waals surface area contributed by atoms with E-state index in [-0.39, 0.29) is 11.9 Å². The maximum atomic E-state index is 13.0. The summed E-state index contributed by atoms with van der Waals surface area (Å²) in [6, 6.07) is 13.3. The van der Waals surface area contributed by atoms with Crippen molar-refractivity contribution in [2.75, 3.05) is 19.7 Å². The molecular weight excluding hydrogens is 297 g/mol. The summed E-state index contributed by atoms with van der Waals surface area (Å²) in [5.41, 5.74) is 2.33. The molecule has 4 nitrogen and oxygen atoms in total. The zero-order chi connectivity index (χ0) is 16.2. The highest BCUT2D eigenvalue weighted by Gasteiger charge is 2.22.